The maximum atomic E-state index is 5.96. The van der Waals surface area contributed by atoms with Gasteiger partial charge in [-0.05, 0) is 40.9 Å². The van der Waals surface area contributed by atoms with Crippen molar-refractivity contribution in [2.45, 2.75) is 18.9 Å². The number of nitrogens with zero attached hydrogens (tertiary/aromatic N) is 3. The summed E-state index contributed by atoms with van der Waals surface area (Å²) in [6.45, 7) is 1.76. The lowest BCUT2D eigenvalue weighted by molar-refractivity contribution is 0.446. The molecule has 0 bridgehead atoms. The molecule has 1 aromatic carbocycles. The molecule has 0 saturated carbocycles. The highest BCUT2D eigenvalue weighted by molar-refractivity contribution is 9.10. The molecule has 2 heterocycles. The molecule has 0 unspecified atom stereocenters. The number of para-hydroxylation sites is 1. The van der Waals surface area contributed by atoms with Crippen molar-refractivity contribution < 1.29 is 4.74 Å². The zero-order valence-corrected chi connectivity index (χ0v) is 13.2. The van der Waals surface area contributed by atoms with Gasteiger partial charge in [-0.15, -0.1) is 0 Å². The number of ether oxygens (including phenoxy) is 1. The lowest BCUT2D eigenvalue weighted by Gasteiger charge is -2.31. The van der Waals surface area contributed by atoms with Gasteiger partial charge in [-0.1, -0.05) is 12.1 Å². The van der Waals surface area contributed by atoms with Crippen LogP contribution < -0.4 is 15.4 Å². The summed E-state index contributed by atoms with van der Waals surface area (Å²) in [5, 5.41) is 0. The summed E-state index contributed by atoms with van der Waals surface area (Å²) in [6.07, 6.45) is 5.26. The Kier molecular flexibility index (Phi) is 4.36. The standard InChI is InChI=1S/C15H17BrN4O/c16-12-3-1-2-4-13(12)21-15-14(18-7-8-19-15)20-9-5-11(17)6-10-20/h1-4,7-8,11H,5-6,9-10,17H2. The van der Waals surface area contributed by atoms with Crippen LogP contribution in [0.25, 0.3) is 0 Å². The Bertz CT molecular complexity index is 614. The summed E-state index contributed by atoms with van der Waals surface area (Å²) in [6, 6.07) is 7.99. The third-order valence-corrected chi connectivity index (χ3v) is 4.18. The van der Waals surface area contributed by atoms with E-state index in [9.17, 15) is 0 Å². The molecule has 21 heavy (non-hydrogen) atoms. The molecule has 110 valence electrons. The Labute approximate surface area is 132 Å². The first-order valence-electron chi connectivity index (χ1n) is 6.98. The van der Waals surface area contributed by atoms with Crippen molar-refractivity contribution in [1.82, 2.24) is 9.97 Å². The number of benzene rings is 1. The monoisotopic (exact) mass is 348 g/mol. The van der Waals surface area contributed by atoms with Crippen LogP contribution in [0.2, 0.25) is 0 Å². The maximum absolute atomic E-state index is 5.96. The third-order valence-electron chi connectivity index (χ3n) is 3.53. The topological polar surface area (TPSA) is 64.3 Å². The number of hydrogen-bond donors (Lipinski definition) is 1. The van der Waals surface area contributed by atoms with Crippen molar-refractivity contribution in [3.63, 3.8) is 0 Å². The first-order valence-corrected chi connectivity index (χ1v) is 7.77. The van der Waals surface area contributed by atoms with E-state index in [1.807, 2.05) is 24.3 Å². The third kappa shape index (κ3) is 3.33. The van der Waals surface area contributed by atoms with E-state index in [2.05, 4.69) is 30.8 Å². The highest BCUT2D eigenvalue weighted by Crippen LogP contribution is 2.33. The summed E-state index contributed by atoms with van der Waals surface area (Å²) < 4.78 is 6.82. The minimum Gasteiger partial charge on any atom is -0.435 e. The van der Waals surface area contributed by atoms with Crippen LogP contribution in [0.15, 0.2) is 41.1 Å². The van der Waals surface area contributed by atoms with Gasteiger partial charge >= 0.3 is 0 Å². The Balaban J connectivity index is 1.84. The molecule has 0 aliphatic carbocycles. The SMILES string of the molecule is NC1CCN(c2nccnc2Oc2ccccc2Br)CC1. The smallest absolute Gasteiger partial charge is 0.263 e. The molecular formula is C15H17BrN4O. The molecule has 1 aliphatic rings. The van der Waals surface area contributed by atoms with E-state index >= 15 is 0 Å². The van der Waals surface area contributed by atoms with E-state index in [-0.39, 0.29) is 6.04 Å². The summed E-state index contributed by atoms with van der Waals surface area (Å²) >= 11 is 3.48. The van der Waals surface area contributed by atoms with Gasteiger partial charge in [-0.3, -0.25) is 0 Å². The van der Waals surface area contributed by atoms with Crippen LogP contribution in [0.5, 0.6) is 11.6 Å². The Morgan fingerprint density at radius 2 is 1.86 bits per heavy atom. The average Bonchev–Trinajstić information content (AvgIpc) is 2.51. The lowest BCUT2D eigenvalue weighted by Crippen LogP contribution is -2.40. The Morgan fingerprint density at radius 1 is 1.14 bits per heavy atom. The highest BCUT2D eigenvalue weighted by atomic mass is 79.9. The molecule has 0 radical (unpaired) electrons. The van der Waals surface area contributed by atoms with Gasteiger partial charge in [0.05, 0.1) is 4.47 Å². The van der Waals surface area contributed by atoms with Crippen LogP contribution in [0.4, 0.5) is 5.82 Å². The second kappa shape index (κ2) is 6.41. The van der Waals surface area contributed by atoms with Gasteiger partial charge in [-0.2, -0.15) is 0 Å². The molecule has 1 aromatic heterocycles. The van der Waals surface area contributed by atoms with Crippen LogP contribution in [0, 0.1) is 0 Å². The fraction of sp³-hybridized carbons (Fsp3) is 0.333. The normalized spacial score (nSPS) is 16.0. The Morgan fingerprint density at radius 3 is 2.62 bits per heavy atom. The molecule has 2 aromatic rings. The van der Waals surface area contributed by atoms with Crippen molar-refractivity contribution in [3.05, 3.63) is 41.1 Å². The van der Waals surface area contributed by atoms with Crippen LogP contribution in [0.1, 0.15) is 12.8 Å². The van der Waals surface area contributed by atoms with Crippen molar-refractivity contribution in [2.75, 3.05) is 18.0 Å². The van der Waals surface area contributed by atoms with Gasteiger partial charge in [0.2, 0.25) is 0 Å². The molecule has 1 saturated heterocycles. The van der Waals surface area contributed by atoms with E-state index < -0.39 is 0 Å². The van der Waals surface area contributed by atoms with Gasteiger partial charge in [0.1, 0.15) is 5.75 Å². The van der Waals surface area contributed by atoms with Gasteiger partial charge in [-0.25, -0.2) is 9.97 Å². The van der Waals surface area contributed by atoms with Gasteiger partial charge in [0, 0.05) is 31.5 Å². The van der Waals surface area contributed by atoms with Crippen LogP contribution in [0.3, 0.4) is 0 Å². The first-order chi connectivity index (χ1) is 10.2. The van der Waals surface area contributed by atoms with Crippen molar-refractivity contribution >= 4 is 21.7 Å². The molecule has 3 rings (SSSR count). The maximum Gasteiger partial charge on any atom is 0.263 e. The van der Waals surface area contributed by atoms with Gasteiger partial charge in [0.15, 0.2) is 5.82 Å². The number of rotatable bonds is 3. The predicted molar refractivity (Wildman–Crippen MR) is 85.7 cm³/mol. The number of aromatic nitrogens is 2. The minimum atomic E-state index is 0.283. The molecule has 6 heteroatoms. The largest absolute Gasteiger partial charge is 0.435 e. The summed E-state index contributed by atoms with van der Waals surface area (Å²) in [7, 11) is 0. The van der Waals surface area contributed by atoms with Crippen LogP contribution in [-0.2, 0) is 0 Å². The average molecular weight is 349 g/mol. The summed E-state index contributed by atoms with van der Waals surface area (Å²) in [4.78, 5) is 10.9. The fourth-order valence-corrected chi connectivity index (χ4v) is 2.72. The summed E-state index contributed by atoms with van der Waals surface area (Å²) in [5.41, 5.74) is 5.96. The zero-order valence-electron chi connectivity index (χ0n) is 11.6. The number of nitrogens with two attached hydrogens (primary N) is 1. The van der Waals surface area contributed by atoms with E-state index in [1.54, 1.807) is 12.4 Å². The fourth-order valence-electron chi connectivity index (χ4n) is 2.35. The van der Waals surface area contributed by atoms with E-state index in [0.717, 1.165) is 42.0 Å². The molecule has 0 spiro atoms. The van der Waals surface area contributed by atoms with E-state index in [0.29, 0.717) is 5.88 Å². The number of piperidine rings is 1. The number of halogens is 1. The van der Waals surface area contributed by atoms with Gasteiger partial charge < -0.3 is 15.4 Å². The number of anilines is 1. The molecule has 2 N–H and O–H groups in total. The van der Waals surface area contributed by atoms with Crippen LogP contribution in [-0.4, -0.2) is 29.1 Å². The highest BCUT2D eigenvalue weighted by Gasteiger charge is 2.21. The summed E-state index contributed by atoms with van der Waals surface area (Å²) in [5.74, 6) is 2.04. The lowest BCUT2D eigenvalue weighted by atomic mass is 10.1. The van der Waals surface area contributed by atoms with Crippen LogP contribution >= 0.6 is 15.9 Å². The molecule has 0 atom stereocenters. The van der Waals surface area contributed by atoms with Crippen molar-refractivity contribution in [1.29, 1.82) is 0 Å². The molecule has 1 aliphatic heterocycles. The van der Waals surface area contributed by atoms with Gasteiger partial charge in [0.25, 0.3) is 5.88 Å². The zero-order chi connectivity index (χ0) is 14.7. The van der Waals surface area contributed by atoms with E-state index in [1.165, 1.54) is 0 Å². The second-order valence-corrected chi connectivity index (χ2v) is 5.90. The molecule has 5 nitrogen and oxygen atoms in total. The number of hydrogen-bond acceptors (Lipinski definition) is 5. The second-order valence-electron chi connectivity index (χ2n) is 5.04. The first kappa shape index (κ1) is 14.3. The van der Waals surface area contributed by atoms with E-state index in [4.69, 9.17) is 10.5 Å². The minimum absolute atomic E-state index is 0.283. The molecule has 1 fully saturated rings. The van der Waals surface area contributed by atoms with Crippen molar-refractivity contribution in [3.8, 4) is 11.6 Å². The predicted octanol–water partition coefficient (Wildman–Crippen LogP) is 2.96. The van der Waals surface area contributed by atoms with Crippen molar-refractivity contribution in [2.24, 2.45) is 5.73 Å². The molecule has 0 amide bonds. The molecular weight excluding hydrogens is 332 g/mol. The quantitative estimate of drug-likeness (QED) is 0.923. The Hall–Kier alpha value is -1.66.